The first-order chi connectivity index (χ1) is 23.3. The lowest BCUT2D eigenvalue weighted by Crippen LogP contribution is -2.31. The maximum absolute atomic E-state index is 6.92. The number of para-hydroxylation sites is 2. The lowest BCUT2D eigenvalue weighted by atomic mass is 10.2. The van der Waals surface area contributed by atoms with Gasteiger partial charge in [0.2, 0.25) is 0 Å². The molecule has 226 valence electrons. The van der Waals surface area contributed by atoms with Gasteiger partial charge in [-0.1, -0.05) is 187 Å². The summed E-state index contributed by atoms with van der Waals surface area (Å²) < 4.78 is 6.92. The average Bonchev–Trinajstić information content (AvgIpc) is 3.14. The predicted octanol–water partition coefficient (Wildman–Crippen LogP) is 7.53. The molecule has 7 aromatic carbocycles. The molecule has 0 bridgehead atoms. The van der Waals surface area contributed by atoms with Crippen molar-refractivity contribution in [1.82, 2.24) is 0 Å². The molecule has 2 radical (unpaired) electrons. The Morgan fingerprint density at radius 3 is 1.38 bits per heavy atom. The Balaban J connectivity index is 1.21. The van der Waals surface area contributed by atoms with E-state index in [1.165, 1.54) is 42.5 Å². The predicted molar refractivity (Wildman–Crippen MR) is 206 cm³/mol. The van der Waals surface area contributed by atoms with Gasteiger partial charge < -0.3 is 4.74 Å². The lowest BCUT2D eigenvalue weighted by Gasteiger charge is -2.23. The van der Waals surface area contributed by atoms with Crippen molar-refractivity contribution < 1.29 is 4.74 Å². The second-order valence-corrected chi connectivity index (χ2v) is 16.8. The minimum atomic E-state index is -0.801. The van der Waals surface area contributed by atoms with Gasteiger partial charge in [0, 0.05) is 11.5 Å². The molecule has 47 heavy (non-hydrogen) atoms. The minimum absolute atomic E-state index is 0.469. The van der Waals surface area contributed by atoms with Crippen molar-refractivity contribution in [2.75, 3.05) is 0 Å². The monoisotopic (exact) mass is 656 g/mol. The number of hydrogen-bond donors (Lipinski definition) is 0. The van der Waals surface area contributed by atoms with Crippen LogP contribution in [0.15, 0.2) is 194 Å². The van der Waals surface area contributed by atoms with Crippen LogP contribution in [0.4, 0.5) is 0 Å². The summed E-state index contributed by atoms with van der Waals surface area (Å²) in [6, 6.07) is 69.7. The minimum Gasteiger partial charge on any atom is -0.457 e. The highest BCUT2D eigenvalue weighted by Gasteiger charge is 2.22. The third-order valence-corrected chi connectivity index (χ3v) is 14.4. The van der Waals surface area contributed by atoms with Crippen molar-refractivity contribution in [1.29, 1.82) is 0 Å². The fraction of sp³-hybridized carbons (Fsp3) is 0.0233. The number of benzene rings is 7. The Morgan fingerprint density at radius 1 is 0.383 bits per heavy atom. The van der Waals surface area contributed by atoms with Gasteiger partial charge in [-0.2, -0.15) is 0 Å². The molecule has 0 aliphatic rings. The Morgan fingerprint density at radius 2 is 0.809 bits per heavy atom. The number of hydrogen-bond acceptors (Lipinski definition) is 1. The van der Waals surface area contributed by atoms with Crippen LogP contribution in [-0.4, -0.2) is 9.52 Å². The molecule has 0 spiro atoms. The number of rotatable bonds is 11. The quantitative estimate of drug-likeness (QED) is 0.103. The van der Waals surface area contributed by atoms with Crippen LogP contribution in [-0.2, 0) is 6.16 Å². The molecule has 4 heteroatoms. The van der Waals surface area contributed by atoms with E-state index in [4.69, 9.17) is 4.74 Å². The molecule has 0 N–H and O–H groups in total. The zero-order valence-electron chi connectivity index (χ0n) is 26.0. The summed E-state index contributed by atoms with van der Waals surface area (Å²) in [5.41, 5.74) is 1.40. The molecular weight excluding hydrogens is 623 g/mol. The molecule has 7 aromatic rings. The first-order valence-corrected chi connectivity index (χ1v) is 19.7. The third-order valence-electron chi connectivity index (χ3n) is 7.99. The highest BCUT2D eigenvalue weighted by atomic mass is 31.1. The van der Waals surface area contributed by atoms with Crippen LogP contribution < -0.4 is 41.6 Å². The second-order valence-electron chi connectivity index (χ2n) is 11.1. The van der Waals surface area contributed by atoms with Gasteiger partial charge in [0.25, 0.3) is 0 Å². The van der Waals surface area contributed by atoms with Crippen molar-refractivity contribution in [3.05, 3.63) is 200 Å². The van der Waals surface area contributed by atoms with E-state index in [9.17, 15) is 0 Å². The van der Waals surface area contributed by atoms with Crippen molar-refractivity contribution in [2.24, 2.45) is 0 Å². The van der Waals surface area contributed by atoms with E-state index in [0.29, 0.717) is 9.52 Å². The van der Waals surface area contributed by atoms with Gasteiger partial charge in [-0.25, -0.2) is 0 Å². The molecule has 0 amide bonds. The van der Waals surface area contributed by atoms with E-state index in [1.54, 1.807) is 0 Å². The maximum Gasteiger partial charge on any atom is 0.135 e. The van der Waals surface area contributed by atoms with Crippen molar-refractivity contribution in [3.63, 3.8) is 0 Å². The largest absolute Gasteiger partial charge is 0.457 e. The molecule has 0 aromatic heterocycles. The van der Waals surface area contributed by atoms with Gasteiger partial charge in [-0.05, 0) is 59.9 Å². The van der Waals surface area contributed by atoms with Crippen molar-refractivity contribution in [3.8, 4) is 11.5 Å². The van der Waals surface area contributed by atoms with Crippen LogP contribution in [0.5, 0.6) is 11.5 Å². The Bertz CT molecular complexity index is 1940. The van der Waals surface area contributed by atoms with E-state index in [2.05, 4.69) is 194 Å². The van der Waals surface area contributed by atoms with Gasteiger partial charge in [0.05, 0.1) is 0 Å². The second kappa shape index (κ2) is 15.3. The molecule has 0 fully saturated rings. The van der Waals surface area contributed by atoms with Crippen LogP contribution in [0.2, 0.25) is 0 Å². The zero-order chi connectivity index (χ0) is 31.7. The first kappa shape index (κ1) is 31.0. The topological polar surface area (TPSA) is 9.23 Å². The van der Waals surface area contributed by atoms with Crippen molar-refractivity contribution in [2.45, 2.75) is 6.16 Å². The van der Waals surface area contributed by atoms with E-state index in [-0.39, 0.29) is 0 Å². The smallest absolute Gasteiger partial charge is 0.135 e. The first-order valence-electron chi connectivity index (χ1n) is 15.8. The van der Waals surface area contributed by atoms with Gasteiger partial charge in [0.1, 0.15) is 21.0 Å². The Kier molecular flexibility index (Phi) is 10.1. The van der Waals surface area contributed by atoms with E-state index >= 15 is 0 Å². The summed E-state index contributed by atoms with van der Waals surface area (Å²) in [7, 11) is -0.878. The van der Waals surface area contributed by atoms with Crippen molar-refractivity contribution >= 4 is 62.3 Å². The van der Waals surface area contributed by atoms with E-state index in [0.717, 1.165) is 17.7 Å². The van der Waals surface area contributed by atoms with Gasteiger partial charge in [-0.15, -0.1) is 0 Å². The Labute approximate surface area is 283 Å². The molecule has 0 unspecified atom stereocenters. The fourth-order valence-corrected chi connectivity index (χ4v) is 11.8. The van der Waals surface area contributed by atoms with E-state index in [1.807, 2.05) is 0 Å². The molecular formula is C43H34OP2Si. The van der Waals surface area contributed by atoms with Crippen LogP contribution in [0.1, 0.15) is 5.56 Å². The molecule has 0 atom stereocenters. The third kappa shape index (κ3) is 7.53. The molecule has 0 aliphatic heterocycles. The molecule has 1 nitrogen and oxygen atoms in total. The molecule has 0 saturated heterocycles. The van der Waals surface area contributed by atoms with Gasteiger partial charge >= 0.3 is 0 Å². The average molecular weight is 657 g/mol. The fourth-order valence-electron chi connectivity index (χ4n) is 5.73. The normalized spacial score (nSPS) is 11.1. The summed E-state index contributed by atoms with van der Waals surface area (Å²) >= 11 is 0. The SMILES string of the molecule is c1ccc(P(Cc2ccccc2[Si]c2ccccc2Oc2ccccc2P(c2ccccc2)c2ccccc2)c2ccccc2)cc1. The zero-order valence-corrected chi connectivity index (χ0v) is 28.8. The van der Waals surface area contributed by atoms with Gasteiger partial charge in [-0.3, -0.25) is 0 Å². The number of ether oxygens (including phenoxy) is 1. The molecule has 0 heterocycles. The summed E-state index contributed by atoms with van der Waals surface area (Å²) in [5.74, 6) is 1.83. The summed E-state index contributed by atoms with van der Waals surface area (Å²) in [4.78, 5) is 0. The maximum atomic E-state index is 6.92. The molecule has 7 rings (SSSR count). The summed E-state index contributed by atoms with van der Waals surface area (Å²) in [5, 5.41) is 9.22. The van der Waals surface area contributed by atoms with Crippen LogP contribution in [0, 0.1) is 0 Å². The highest BCUT2D eigenvalue weighted by molar-refractivity contribution is 7.80. The van der Waals surface area contributed by atoms with Crippen LogP contribution in [0.3, 0.4) is 0 Å². The standard InChI is InChI=1S/C43H34OP2Si/c1-5-20-35(21-6-1)45(36-22-7-2-8-23-36)33-34-19-13-17-31-42(34)47-43-32-18-15-29-40(43)44-39-28-14-16-30-41(39)46(37-24-9-3-10-25-37)38-26-11-4-12-27-38/h1-32H,33H2. The Hall–Kier alpha value is -4.58. The molecule has 0 saturated carbocycles. The highest BCUT2D eigenvalue weighted by Crippen LogP contribution is 2.38. The lowest BCUT2D eigenvalue weighted by molar-refractivity contribution is 0.490. The van der Waals surface area contributed by atoms with Crippen LogP contribution >= 0.6 is 15.8 Å². The summed E-state index contributed by atoms with van der Waals surface area (Å²) in [6.07, 6.45) is 0.997. The van der Waals surface area contributed by atoms with E-state index < -0.39 is 15.8 Å². The van der Waals surface area contributed by atoms with Crippen LogP contribution in [0.25, 0.3) is 0 Å². The summed E-state index contributed by atoms with van der Waals surface area (Å²) in [6.45, 7) is 0. The molecule has 0 aliphatic carbocycles. The van der Waals surface area contributed by atoms with Gasteiger partial charge in [0.15, 0.2) is 0 Å².